The third-order valence-electron chi connectivity index (χ3n) is 21.5. The van der Waals surface area contributed by atoms with Crippen LogP contribution in [0.25, 0.3) is 150 Å². The van der Waals surface area contributed by atoms with Gasteiger partial charge < -0.3 is 39.0 Å². The second-order valence-electron chi connectivity index (χ2n) is 32.3. The quantitative estimate of drug-likeness (QED) is 0.0896. The third-order valence-corrected chi connectivity index (χ3v) is 21.5. The first-order valence-electron chi connectivity index (χ1n) is 43.0. The molecule has 129 heavy (non-hydrogen) atoms. The maximum atomic E-state index is 4.54. The number of hydrogen-bond donors (Lipinski definition) is 0. The molecule has 0 saturated carbocycles. The smallest absolute Gasteiger partial charge is 0.0442 e. The van der Waals surface area contributed by atoms with Gasteiger partial charge in [-0.25, -0.2) is 0 Å². The standard InChI is InChI=1S/C29H27N2.C21H19N2.C21H20N.2C17H12N.C12H10N.4Ir/c1-19(2)22-11-9-12-23(20(3)4)29(22)31-27-14-6-5-10-24(27)25-18-21(15-16-28(25)31)26-13-7-8-17-30-26;1-15(2)14-23-20-9-4-3-7-17(20)18-13-16(10-11-21(18)23)19-8-5-6-12-22-19;1-16(2)13-17-7-5-8-18(14-17)19-9-6-10-20(15-19)21-11-3-4-12-22-21;2*1-2-7-14(8-3-1)15-9-6-10-16(13-15)17-11-4-5-12-18-17;1-10-6-5-9-12(13-10)11-7-3-2-4-8-11;;;;/h5-14,16-20H,1-4H3;3-9,11-13,15H,14H2,1-2H3;3-9,11-12,14-16H,13H2,1-2H3;2*1-9,11-13H;2-7,9H,1H3;;;;/q6*-1;;;;. The third kappa shape index (κ3) is 25.2. The Hall–Kier alpha value is -12.3. The Labute approximate surface area is 815 Å². The van der Waals surface area contributed by atoms with Gasteiger partial charge in [0, 0.05) is 140 Å². The molecule has 0 saturated heterocycles. The first-order valence-corrected chi connectivity index (χ1v) is 43.0. The van der Waals surface area contributed by atoms with Gasteiger partial charge in [0.25, 0.3) is 0 Å². The molecule has 0 aliphatic carbocycles. The van der Waals surface area contributed by atoms with Gasteiger partial charge >= 0.3 is 0 Å². The molecule has 0 fully saturated rings. The minimum Gasteiger partial charge on any atom is -0.380 e. The average Bonchev–Trinajstić information content (AvgIpc) is 1.57. The molecular weight excluding hydrogens is 2290 g/mol. The molecule has 20 rings (SSSR count). The fourth-order valence-corrected chi connectivity index (χ4v) is 15.6. The molecule has 20 aromatic rings. The second kappa shape index (κ2) is 48.2. The molecule has 8 aromatic heterocycles. The van der Waals surface area contributed by atoms with Crippen molar-refractivity contribution in [2.45, 2.75) is 87.1 Å². The predicted molar refractivity (Wildman–Crippen MR) is 521 cm³/mol. The molecule has 650 valence electrons. The van der Waals surface area contributed by atoms with Gasteiger partial charge in [-0.2, -0.15) is 0 Å². The Morgan fingerprint density at radius 3 is 1.08 bits per heavy atom. The number of rotatable bonds is 16. The second-order valence-corrected chi connectivity index (χ2v) is 32.3. The number of benzene rings is 12. The van der Waals surface area contributed by atoms with Crippen molar-refractivity contribution < 1.29 is 80.4 Å². The number of aromatic nitrogens is 8. The summed E-state index contributed by atoms with van der Waals surface area (Å²) in [6.45, 7) is 21.1. The molecule has 0 spiro atoms. The van der Waals surface area contributed by atoms with E-state index in [1.165, 1.54) is 99.4 Å². The minimum atomic E-state index is 0. The molecule has 0 N–H and O–H groups in total. The van der Waals surface area contributed by atoms with E-state index in [4.69, 9.17) is 0 Å². The fourth-order valence-electron chi connectivity index (χ4n) is 15.6. The minimum absolute atomic E-state index is 0. The summed E-state index contributed by atoms with van der Waals surface area (Å²) in [6, 6.07) is 144. The van der Waals surface area contributed by atoms with Crippen LogP contribution < -0.4 is 0 Å². The van der Waals surface area contributed by atoms with Crippen molar-refractivity contribution in [3.05, 3.63) is 454 Å². The van der Waals surface area contributed by atoms with E-state index in [1.54, 1.807) is 12.4 Å². The van der Waals surface area contributed by atoms with Gasteiger partial charge in [-0.3, -0.25) is 0 Å². The van der Waals surface area contributed by atoms with E-state index < -0.39 is 0 Å². The van der Waals surface area contributed by atoms with Crippen molar-refractivity contribution in [2.24, 2.45) is 11.8 Å². The summed E-state index contributed by atoms with van der Waals surface area (Å²) in [6.07, 6.45) is 10.2. The first-order chi connectivity index (χ1) is 61.2. The van der Waals surface area contributed by atoms with Gasteiger partial charge in [0.15, 0.2) is 0 Å². The zero-order chi connectivity index (χ0) is 86.2. The molecule has 0 bridgehead atoms. The SMILES string of the molecule is CC(C)Cc1cccc(-c2cc[c-]c(-c3ccccn3)c2)c1.CC(C)Cn1c2c[c-]c(-c3ccccn3)cc2c2ccccc21.CC(C)c1cccc(C(C)C)c1-n1c2c[c-]c(-c3ccccn3)cc2c2ccccc21.Cc1cccc(-c2[c-]cccc2)n1.[Ir].[Ir].[Ir].[Ir].[c-]1ccc(-c2ccccc2)cc1-c1ccccn1.[c-]1ccc(-c2ccccc2)cc1-c1ccccn1. The zero-order valence-corrected chi connectivity index (χ0v) is 83.2. The maximum absolute atomic E-state index is 4.54. The summed E-state index contributed by atoms with van der Waals surface area (Å²) in [5, 5.41) is 5.08. The van der Waals surface area contributed by atoms with Crippen LogP contribution in [-0.4, -0.2) is 39.0 Å². The molecule has 8 heterocycles. The van der Waals surface area contributed by atoms with Gasteiger partial charge in [-0.1, -0.05) is 278 Å². The molecule has 0 aliphatic rings. The largest absolute Gasteiger partial charge is 0.380 e. The topological polar surface area (TPSA) is 87.2 Å². The number of hydrogen-bond acceptors (Lipinski definition) is 6. The predicted octanol–water partition coefficient (Wildman–Crippen LogP) is 29.9. The number of fused-ring (bicyclic) bond motifs is 6. The Balaban J connectivity index is 0.000000151. The molecule has 8 nitrogen and oxygen atoms in total. The van der Waals surface area contributed by atoms with Gasteiger partial charge in [0.05, 0.1) is 0 Å². The Bertz CT molecular complexity index is 6600. The van der Waals surface area contributed by atoms with E-state index in [0.29, 0.717) is 23.7 Å². The molecule has 12 heteroatoms. The van der Waals surface area contributed by atoms with Crippen LogP contribution in [0.1, 0.15) is 89.6 Å². The van der Waals surface area contributed by atoms with Gasteiger partial charge in [-0.15, -0.1) is 190 Å². The molecule has 0 unspecified atom stereocenters. The molecule has 4 radical (unpaired) electrons. The molecule has 0 aliphatic heterocycles. The van der Waals surface area contributed by atoms with E-state index in [1.807, 2.05) is 214 Å². The van der Waals surface area contributed by atoms with E-state index in [9.17, 15) is 0 Å². The summed E-state index contributed by atoms with van der Waals surface area (Å²) >= 11 is 0. The maximum Gasteiger partial charge on any atom is 0.0442 e. The molecule has 0 amide bonds. The van der Waals surface area contributed by atoms with Crippen molar-refractivity contribution in [3.63, 3.8) is 0 Å². The summed E-state index contributed by atoms with van der Waals surface area (Å²) in [5.41, 5.74) is 30.7. The molecule has 0 atom stereocenters. The van der Waals surface area contributed by atoms with Crippen molar-refractivity contribution in [2.75, 3.05) is 0 Å². The Kier molecular flexibility index (Phi) is 36.4. The van der Waals surface area contributed by atoms with Gasteiger partial charge in [0.1, 0.15) is 0 Å². The summed E-state index contributed by atoms with van der Waals surface area (Å²) in [4.78, 5) is 26.5. The van der Waals surface area contributed by atoms with Crippen LogP contribution in [0.5, 0.6) is 0 Å². The van der Waals surface area contributed by atoms with Crippen LogP contribution in [-0.2, 0) is 93.4 Å². The van der Waals surface area contributed by atoms with Crippen LogP contribution in [0, 0.1) is 55.2 Å². The Morgan fingerprint density at radius 1 is 0.271 bits per heavy atom. The summed E-state index contributed by atoms with van der Waals surface area (Å²) in [5.74, 6) is 2.14. The normalized spacial score (nSPS) is 10.6. The van der Waals surface area contributed by atoms with Gasteiger partial charge in [-0.05, 0) is 175 Å². The van der Waals surface area contributed by atoms with Crippen molar-refractivity contribution >= 4 is 43.6 Å². The van der Waals surface area contributed by atoms with Crippen LogP contribution in [0.2, 0.25) is 0 Å². The average molecular weight is 2390 g/mol. The van der Waals surface area contributed by atoms with Crippen molar-refractivity contribution in [1.82, 2.24) is 39.0 Å². The Morgan fingerprint density at radius 2 is 0.643 bits per heavy atom. The van der Waals surface area contributed by atoms with Gasteiger partial charge in [0.2, 0.25) is 0 Å². The van der Waals surface area contributed by atoms with E-state index >= 15 is 0 Å². The van der Waals surface area contributed by atoms with Crippen LogP contribution in [0.15, 0.2) is 395 Å². The first kappa shape index (κ1) is 97.4. The van der Waals surface area contributed by atoms with E-state index in [0.717, 1.165) is 86.2 Å². The van der Waals surface area contributed by atoms with Crippen LogP contribution in [0.4, 0.5) is 0 Å². The zero-order valence-electron chi connectivity index (χ0n) is 73.7. The van der Waals surface area contributed by atoms with Crippen LogP contribution >= 0.6 is 0 Å². The van der Waals surface area contributed by atoms with Crippen molar-refractivity contribution in [3.8, 4) is 107 Å². The number of para-hydroxylation sites is 3. The number of aryl methyl sites for hydroxylation is 1. The molecule has 12 aromatic carbocycles. The van der Waals surface area contributed by atoms with E-state index in [2.05, 4.69) is 307 Å². The summed E-state index contributed by atoms with van der Waals surface area (Å²) in [7, 11) is 0. The number of pyridine rings is 6. The van der Waals surface area contributed by atoms with Crippen LogP contribution in [0.3, 0.4) is 0 Å². The van der Waals surface area contributed by atoms with E-state index in [-0.39, 0.29) is 80.4 Å². The monoisotopic (exact) mass is 2390 g/mol. The number of nitrogens with zero attached hydrogens (tertiary/aromatic N) is 8. The summed E-state index contributed by atoms with van der Waals surface area (Å²) < 4.78 is 4.86. The van der Waals surface area contributed by atoms with Crippen molar-refractivity contribution in [1.29, 1.82) is 0 Å². The molecular formula is C117H100Ir4N8-6. The fraction of sp³-hybridized carbons (Fsp3) is 0.128.